The van der Waals surface area contributed by atoms with Gasteiger partial charge in [0.25, 0.3) is 0 Å². The molecule has 5 unspecified atom stereocenters. The zero-order chi connectivity index (χ0) is 19.3. The summed E-state index contributed by atoms with van der Waals surface area (Å²) in [6, 6.07) is 0. The highest BCUT2D eigenvalue weighted by Crippen LogP contribution is 2.43. The van der Waals surface area contributed by atoms with Crippen LogP contribution in [0.4, 0.5) is 0 Å². The molecule has 0 aromatic carbocycles. The molecule has 0 aliphatic heterocycles. The Balaban J connectivity index is 1.89. The number of ether oxygens (including phenoxy) is 1. The number of hydrogen-bond donors (Lipinski definition) is 2. The highest BCUT2D eigenvalue weighted by molar-refractivity contribution is 4.94. The first-order valence-corrected chi connectivity index (χ1v) is 11.2. The van der Waals surface area contributed by atoms with Gasteiger partial charge in [0.1, 0.15) is 5.60 Å². The van der Waals surface area contributed by atoms with E-state index in [0.29, 0.717) is 30.3 Å². The molecular formula is C23H44O3. The summed E-state index contributed by atoms with van der Waals surface area (Å²) in [4.78, 5) is 0. The summed E-state index contributed by atoms with van der Waals surface area (Å²) in [5.41, 5.74) is -1.09. The van der Waals surface area contributed by atoms with Gasteiger partial charge < -0.3 is 14.9 Å². The molecule has 3 heteroatoms. The molecule has 26 heavy (non-hydrogen) atoms. The minimum absolute atomic E-state index is 0.141. The van der Waals surface area contributed by atoms with Crippen LogP contribution in [0.1, 0.15) is 79.6 Å². The van der Waals surface area contributed by atoms with Crippen LogP contribution in [0.5, 0.6) is 0 Å². The van der Waals surface area contributed by atoms with Crippen LogP contribution in [0.3, 0.4) is 0 Å². The fourth-order valence-electron chi connectivity index (χ4n) is 5.50. The summed E-state index contributed by atoms with van der Waals surface area (Å²) in [7, 11) is 0. The minimum atomic E-state index is -1.09. The lowest BCUT2D eigenvalue weighted by Gasteiger charge is -2.46. The predicted molar refractivity (Wildman–Crippen MR) is 108 cm³/mol. The number of aliphatic hydroxyl groups excluding tert-OH is 1. The summed E-state index contributed by atoms with van der Waals surface area (Å²) in [5.74, 6) is 3.94. The van der Waals surface area contributed by atoms with Gasteiger partial charge in [0.2, 0.25) is 0 Å². The first-order valence-electron chi connectivity index (χ1n) is 11.2. The van der Waals surface area contributed by atoms with Crippen LogP contribution in [0.15, 0.2) is 0 Å². The van der Waals surface area contributed by atoms with Crippen LogP contribution in [-0.4, -0.2) is 35.6 Å². The van der Waals surface area contributed by atoms with Crippen LogP contribution < -0.4 is 0 Å². The lowest BCUT2D eigenvalue weighted by molar-refractivity contribution is -0.148. The summed E-state index contributed by atoms with van der Waals surface area (Å²) >= 11 is 0. The molecule has 0 bridgehead atoms. The van der Waals surface area contributed by atoms with Crippen molar-refractivity contribution >= 4 is 0 Å². The van der Waals surface area contributed by atoms with E-state index in [0.717, 1.165) is 24.7 Å². The monoisotopic (exact) mass is 368 g/mol. The average Bonchev–Trinajstić information content (AvgIpc) is 2.61. The second-order valence-corrected chi connectivity index (χ2v) is 10.2. The Labute approximate surface area is 161 Å². The van der Waals surface area contributed by atoms with Gasteiger partial charge in [0, 0.05) is 6.61 Å². The lowest BCUT2D eigenvalue weighted by atomic mass is 9.64. The Morgan fingerprint density at radius 1 is 0.962 bits per heavy atom. The van der Waals surface area contributed by atoms with Crippen LogP contribution in [0, 0.1) is 41.4 Å². The van der Waals surface area contributed by atoms with Gasteiger partial charge in [-0.2, -0.15) is 0 Å². The van der Waals surface area contributed by atoms with Crippen molar-refractivity contribution in [1.82, 2.24) is 0 Å². The fraction of sp³-hybridized carbons (Fsp3) is 1.00. The van der Waals surface area contributed by atoms with Crippen molar-refractivity contribution in [2.24, 2.45) is 41.4 Å². The van der Waals surface area contributed by atoms with Gasteiger partial charge in [0.15, 0.2) is 0 Å². The first-order chi connectivity index (χ1) is 12.3. The lowest BCUT2D eigenvalue weighted by Crippen LogP contribution is -2.52. The van der Waals surface area contributed by atoms with E-state index in [1.54, 1.807) is 0 Å². The molecule has 0 amide bonds. The topological polar surface area (TPSA) is 49.7 Å². The largest absolute Gasteiger partial charge is 0.393 e. The molecule has 2 aliphatic carbocycles. The number of aliphatic hydroxyl groups is 2. The SMILES string of the molecule is CC1CCC(C(C)COCC(O)(CO)C2CC(C)CCC2C(C)C)CC1. The second kappa shape index (κ2) is 9.89. The molecule has 5 atom stereocenters. The Hall–Kier alpha value is -0.120. The molecular weight excluding hydrogens is 324 g/mol. The predicted octanol–water partition coefficient (Wildman–Crippen LogP) is 4.90. The van der Waals surface area contributed by atoms with Crippen LogP contribution in [-0.2, 0) is 4.74 Å². The van der Waals surface area contributed by atoms with Crippen LogP contribution >= 0.6 is 0 Å². The number of hydrogen-bond acceptors (Lipinski definition) is 3. The molecule has 0 heterocycles. The quantitative estimate of drug-likeness (QED) is 0.641. The maximum Gasteiger partial charge on any atom is 0.114 e. The molecule has 0 spiro atoms. The third-order valence-corrected chi connectivity index (χ3v) is 7.58. The van der Waals surface area contributed by atoms with Gasteiger partial charge >= 0.3 is 0 Å². The normalized spacial score (nSPS) is 36.7. The Morgan fingerprint density at radius 3 is 2.15 bits per heavy atom. The highest BCUT2D eigenvalue weighted by Gasteiger charge is 2.45. The zero-order valence-electron chi connectivity index (χ0n) is 17.9. The summed E-state index contributed by atoms with van der Waals surface area (Å²) in [5, 5.41) is 21.3. The van der Waals surface area contributed by atoms with Gasteiger partial charge in [0.05, 0.1) is 13.2 Å². The van der Waals surface area contributed by atoms with Gasteiger partial charge in [-0.25, -0.2) is 0 Å². The molecule has 0 saturated heterocycles. The zero-order valence-corrected chi connectivity index (χ0v) is 17.9. The van der Waals surface area contributed by atoms with E-state index in [-0.39, 0.29) is 19.1 Å². The van der Waals surface area contributed by atoms with E-state index < -0.39 is 5.60 Å². The van der Waals surface area contributed by atoms with Gasteiger partial charge in [-0.15, -0.1) is 0 Å². The second-order valence-electron chi connectivity index (χ2n) is 10.2. The van der Waals surface area contributed by atoms with Gasteiger partial charge in [-0.3, -0.25) is 0 Å². The average molecular weight is 369 g/mol. The maximum atomic E-state index is 11.3. The molecule has 2 rings (SSSR count). The Morgan fingerprint density at radius 2 is 1.58 bits per heavy atom. The fourth-order valence-corrected chi connectivity index (χ4v) is 5.50. The van der Waals surface area contributed by atoms with E-state index in [4.69, 9.17) is 4.74 Å². The van der Waals surface area contributed by atoms with Crippen molar-refractivity contribution < 1.29 is 14.9 Å². The van der Waals surface area contributed by atoms with Crippen LogP contribution in [0.2, 0.25) is 0 Å². The van der Waals surface area contributed by atoms with Crippen molar-refractivity contribution in [1.29, 1.82) is 0 Å². The molecule has 2 saturated carbocycles. The van der Waals surface area contributed by atoms with Crippen molar-refractivity contribution in [3.63, 3.8) is 0 Å². The minimum Gasteiger partial charge on any atom is -0.393 e. The molecule has 2 N–H and O–H groups in total. The molecule has 3 nitrogen and oxygen atoms in total. The first kappa shape index (κ1) is 22.2. The third-order valence-electron chi connectivity index (χ3n) is 7.58. The number of rotatable bonds is 8. The highest BCUT2D eigenvalue weighted by atomic mass is 16.5. The molecule has 2 aliphatic rings. The van der Waals surface area contributed by atoms with Gasteiger partial charge in [-0.1, -0.05) is 53.9 Å². The summed E-state index contributed by atoms with van der Waals surface area (Å²) in [6.45, 7) is 12.2. The standard InChI is InChI=1S/C23H44O3/c1-16(2)21-11-8-18(4)12-22(21)23(25,14-24)15-26-13-19(5)20-9-6-17(3)7-10-20/h16-22,24-25H,6-15H2,1-5H3. The van der Waals surface area contributed by atoms with Crippen molar-refractivity contribution in [3.05, 3.63) is 0 Å². The van der Waals surface area contributed by atoms with E-state index >= 15 is 0 Å². The molecule has 0 aromatic rings. The molecule has 154 valence electrons. The summed E-state index contributed by atoms with van der Waals surface area (Å²) < 4.78 is 6.04. The van der Waals surface area contributed by atoms with E-state index in [1.165, 1.54) is 32.1 Å². The van der Waals surface area contributed by atoms with Crippen molar-refractivity contribution in [3.8, 4) is 0 Å². The Bertz CT molecular complexity index is 402. The van der Waals surface area contributed by atoms with Crippen molar-refractivity contribution in [2.45, 2.75) is 85.2 Å². The molecule has 0 aromatic heterocycles. The molecule has 0 radical (unpaired) electrons. The third kappa shape index (κ3) is 5.69. The molecule has 2 fully saturated rings. The van der Waals surface area contributed by atoms with Crippen molar-refractivity contribution in [2.75, 3.05) is 19.8 Å². The van der Waals surface area contributed by atoms with E-state index in [9.17, 15) is 10.2 Å². The Kier molecular flexibility index (Phi) is 8.43. The summed E-state index contributed by atoms with van der Waals surface area (Å²) in [6.07, 6.45) is 8.69. The van der Waals surface area contributed by atoms with Crippen LogP contribution in [0.25, 0.3) is 0 Å². The smallest absolute Gasteiger partial charge is 0.114 e. The van der Waals surface area contributed by atoms with Gasteiger partial charge in [-0.05, 0) is 67.1 Å². The maximum absolute atomic E-state index is 11.3. The van der Waals surface area contributed by atoms with E-state index in [2.05, 4.69) is 34.6 Å². The van der Waals surface area contributed by atoms with E-state index in [1.807, 2.05) is 0 Å².